The smallest absolute Gasteiger partial charge is 0.248 e. The van der Waals surface area contributed by atoms with Crippen molar-refractivity contribution < 1.29 is 4.79 Å². The van der Waals surface area contributed by atoms with E-state index < -0.39 is 0 Å². The highest BCUT2D eigenvalue weighted by Crippen LogP contribution is 2.35. The Morgan fingerprint density at radius 1 is 1.16 bits per heavy atom. The molecule has 0 radical (unpaired) electrons. The van der Waals surface area contributed by atoms with Gasteiger partial charge in [-0.15, -0.1) is 11.3 Å². The van der Waals surface area contributed by atoms with Gasteiger partial charge in [0.2, 0.25) is 5.91 Å². The Labute approximate surface area is 151 Å². The number of carbonyl (C=O) groups excluding carboxylic acids is 1. The standard InChI is InChI=1S/C20H21N3OS/c1-11-13(3)25-20(22-11)23-19(24)12(2)21-17-10-9-15-8-7-14-5-4-6-16(17)18(14)15/h4-6,9-10,12,21H,7-8H2,1-3H3,(H,22,23,24). The summed E-state index contributed by atoms with van der Waals surface area (Å²) in [5.41, 5.74) is 4.79. The van der Waals surface area contributed by atoms with Crippen molar-refractivity contribution in [3.8, 4) is 0 Å². The number of anilines is 2. The molecule has 0 aliphatic heterocycles. The molecule has 2 aromatic carbocycles. The van der Waals surface area contributed by atoms with Crippen LogP contribution >= 0.6 is 11.3 Å². The summed E-state index contributed by atoms with van der Waals surface area (Å²) >= 11 is 1.51. The van der Waals surface area contributed by atoms with Crippen LogP contribution in [0.15, 0.2) is 30.3 Å². The fraction of sp³-hybridized carbons (Fsp3) is 0.300. The highest BCUT2D eigenvalue weighted by molar-refractivity contribution is 7.15. The van der Waals surface area contributed by atoms with Gasteiger partial charge in [0.1, 0.15) is 6.04 Å². The Morgan fingerprint density at radius 3 is 2.64 bits per heavy atom. The predicted octanol–water partition coefficient (Wildman–Crippen LogP) is 4.45. The zero-order valence-corrected chi connectivity index (χ0v) is 15.5. The summed E-state index contributed by atoms with van der Waals surface area (Å²) in [6.07, 6.45) is 2.21. The van der Waals surface area contributed by atoms with Gasteiger partial charge in [-0.3, -0.25) is 4.79 Å². The number of hydrogen-bond acceptors (Lipinski definition) is 4. The highest BCUT2D eigenvalue weighted by Gasteiger charge is 2.19. The maximum absolute atomic E-state index is 12.5. The lowest BCUT2D eigenvalue weighted by molar-refractivity contribution is -0.116. The molecule has 0 saturated heterocycles. The molecule has 1 aliphatic rings. The van der Waals surface area contributed by atoms with Crippen molar-refractivity contribution in [3.05, 3.63) is 52.0 Å². The number of benzene rings is 2. The van der Waals surface area contributed by atoms with Gasteiger partial charge in [-0.1, -0.05) is 24.3 Å². The molecule has 0 bridgehead atoms. The Bertz CT molecular complexity index is 947. The van der Waals surface area contributed by atoms with Crippen LogP contribution in [0.4, 0.5) is 10.8 Å². The maximum Gasteiger partial charge on any atom is 0.248 e. The molecule has 1 heterocycles. The minimum atomic E-state index is -0.344. The third-order valence-electron chi connectivity index (χ3n) is 4.90. The van der Waals surface area contributed by atoms with Crippen LogP contribution in [0.25, 0.3) is 10.8 Å². The first-order chi connectivity index (χ1) is 12.0. The van der Waals surface area contributed by atoms with E-state index in [9.17, 15) is 4.79 Å². The monoisotopic (exact) mass is 351 g/mol. The lowest BCUT2D eigenvalue weighted by Crippen LogP contribution is -2.31. The third kappa shape index (κ3) is 2.89. The molecular formula is C20H21N3OS. The molecule has 5 heteroatoms. The van der Waals surface area contributed by atoms with Crippen molar-refractivity contribution >= 4 is 38.8 Å². The predicted molar refractivity (Wildman–Crippen MR) is 105 cm³/mol. The number of nitrogens with one attached hydrogen (secondary N) is 2. The van der Waals surface area contributed by atoms with Gasteiger partial charge in [-0.2, -0.15) is 0 Å². The molecule has 0 saturated carbocycles. The molecule has 1 aromatic heterocycles. The van der Waals surface area contributed by atoms with Crippen molar-refractivity contribution in [2.75, 3.05) is 10.6 Å². The Balaban J connectivity index is 1.56. The number of carbonyl (C=O) groups is 1. The molecule has 128 valence electrons. The van der Waals surface area contributed by atoms with E-state index in [1.807, 2.05) is 20.8 Å². The van der Waals surface area contributed by atoms with Crippen LogP contribution in [0.1, 0.15) is 28.6 Å². The zero-order chi connectivity index (χ0) is 17.6. The topological polar surface area (TPSA) is 54.0 Å². The average molecular weight is 351 g/mol. The van der Waals surface area contributed by atoms with Crippen LogP contribution in [0.2, 0.25) is 0 Å². The molecule has 4 rings (SSSR count). The highest BCUT2D eigenvalue weighted by atomic mass is 32.1. The first-order valence-electron chi connectivity index (χ1n) is 8.58. The fourth-order valence-electron chi connectivity index (χ4n) is 3.41. The lowest BCUT2D eigenvalue weighted by atomic mass is 10.0. The second kappa shape index (κ2) is 6.15. The summed E-state index contributed by atoms with van der Waals surface area (Å²) in [5.74, 6) is -0.0722. The second-order valence-electron chi connectivity index (χ2n) is 6.63. The van der Waals surface area contributed by atoms with Crippen molar-refractivity contribution in [2.45, 2.75) is 39.7 Å². The third-order valence-corrected chi connectivity index (χ3v) is 5.89. The second-order valence-corrected chi connectivity index (χ2v) is 7.83. The van der Waals surface area contributed by atoms with E-state index in [2.05, 4.69) is 45.9 Å². The number of aryl methyl sites for hydroxylation is 4. The average Bonchev–Trinajstić information content (AvgIpc) is 3.15. The van der Waals surface area contributed by atoms with Gasteiger partial charge in [-0.25, -0.2) is 4.98 Å². The molecule has 1 aliphatic carbocycles. The molecule has 1 atom stereocenters. The number of nitrogens with zero attached hydrogens (tertiary/aromatic N) is 1. The maximum atomic E-state index is 12.5. The number of thiazole rings is 1. The Kier molecular flexibility index (Phi) is 3.96. The minimum Gasteiger partial charge on any atom is -0.373 e. The van der Waals surface area contributed by atoms with Crippen LogP contribution in [0.5, 0.6) is 0 Å². The summed E-state index contributed by atoms with van der Waals surface area (Å²) in [6, 6.07) is 10.4. The molecule has 1 unspecified atom stereocenters. The SMILES string of the molecule is Cc1nc(NC(=O)C(C)Nc2ccc3c4c(cccc24)CC3)sc1C. The lowest BCUT2D eigenvalue weighted by Gasteiger charge is -2.17. The summed E-state index contributed by atoms with van der Waals surface area (Å²) in [5, 5.41) is 9.50. The van der Waals surface area contributed by atoms with Crippen molar-refractivity contribution in [3.63, 3.8) is 0 Å². The van der Waals surface area contributed by atoms with Gasteiger partial charge in [0.15, 0.2) is 5.13 Å². The molecule has 1 amide bonds. The molecule has 4 nitrogen and oxygen atoms in total. The van der Waals surface area contributed by atoms with Gasteiger partial charge < -0.3 is 10.6 Å². The van der Waals surface area contributed by atoms with Crippen LogP contribution in [-0.2, 0) is 17.6 Å². The zero-order valence-electron chi connectivity index (χ0n) is 14.6. The van der Waals surface area contributed by atoms with Gasteiger partial charge in [0.05, 0.1) is 5.69 Å². The van der Waals surface area contributed by atoms with E-state index in [0.717, 1.165) is 29.1 Å². The summed E-state index contributed by atoms with van der Waals surface area (Å²) in [4.78, 5) is 18.0. The van der Waals surface area contributed by atoms with E-state index in [0.29, 0.717) is 5.13 Å². The van der Waals surface area contributed by atoms with Gasteiger partial charge in [0.25, 0.3) is 0 Å². The fourth-order valence-corrected chi connectivity index (χ4v) is 4.23. The van der Waals surface area contributed by atoms with Gasteiger partial charge in [0, 0.05) is 16.0 Å². The first-order valence-corrected chi connectivity index (χ1v) is 9.39. The number of rotatable bonds is 4. The van der Waals surface area contributed by atoms with Crippen molar-refractivity contribution in [1.82, 2.24) is 4.98 Å². The minimum absolute atomic E-state index is 0.0722. The molecule has 2 N–H and O–H groups in total. The number of amides is 1. The molecule has 0 fully saturated rings. The number of hydrogen-bond donors (Lipinski definition) is 2. The summed E-state index contributed by atoms with van der Waals surface area (Å²) < 4.78 is 0. The first kappa shape index (κ1) is 16.1. The van der Waals surface area contributed by atoms with Crippen molar-refractivity contribution in [2.24, 2.45) is 0 Å². The molecular weight excluding hydrogens is 330 g/mol. The van der Waals surface area contributed by atoms with Crippen molar-refractivity contribution in [1.29, 1.82) is 0 Å². The van der Waals surface area contributed by atoms with Crippen LogP contribution < -0.4 is 10.6 Å². The van der Waals surface area contributed by atoms with Gasteiger partial charge >= 0.3 is 0 Å². The van der Waals surface area contributed by atoms with Crippen LogP contribution in [-0.4, -0.2) is 16.9 Å². The molecule has 0 spiro atoms. The van der Waals surface area contributed by atoms with E-state index in [4.69, 9.17) is 0 Å². The van der Waals surface area contributed by atoms with Crippen LogP contribution in [0, 0.1) is 13.8 Å². The van der Waals surface area contributed by atoms with E-state index in [1.165, 1.54) is 33.2 Å². The number of aromatic nitrogens is 1. The van der Waals surface area contributed by atoms with E-state index in [1.54, 1.807) is 0 Å². The van der Waals surface area contributed by atoms with E-state index in [-0.39, 0.29) is 11.9 Å². The van der Waals surface area contributed by atoms with Gasteiger partial charge in [-0.05, 0) is 56.2 Å². The molecule has 25 heavy (non-hydrogen) atoms. The van der Waals surface area contributed by atoms with E-state index >= 15 is 0 Å². The normalized spacial score (nSPS) is 13.9. The Morgan fingerprint density at radius 2 is 1.92 bits per heavy atom. The molecule has 3 aromatic rings. The quantitative estimate of drug-likeness (QED) is 0.730. The van der Waals surface area contributed by atoms with Crippen LogP contribution in [0.3, 0.4) is 0 Å². The summed E-state index contributed by atoms with van der Waals surface area (Å²) in [6.45, 7) is 5.85. The largest absolute Gasteiger partial charge is 0.373 e. The Hall–Kier alpha value is -2.40. The summed E-state index contributed by atoms with van der Waals surface area (Å²) in [7, 11) is 0.